The van der Waals surface area contributed by atoms with Crippen molar-refractivity contribution in [1.82, 2.24) is 5.32 Å². The Labute approximate surface area is 73.2 Å². The van der Waals surface area contributed by atoms with Crippen LogP contribution in [0.5, 0.6) is 0 Å². The zero-order valence-electron chi connectivity index (χ0n) is 7.33. The summed E-state index contributed by atoms with van der Waals surface area (Å²) < 4.78 is 0. The number of benzene rings is 1. The fourth-order valence-electron chi connectivity index (χ4n) is 1.14. The minimum Gasteiger partial charge on any atom is -0.395 e. The van der Waals surface area contributed by atoms with Crippen LogP contribution in [0.15, 0.2) is 30.3 Å². The summed E-state index contributed by atoms with van der Waals surface area (Å²) in [4.78, 5) is 0. The second-order valence-electron chi connectivity index (χ2n) is 2.81. The van der Waals surface area contributed by atoms with Crippen molar-refractivity contribution in [2.24, 2.45) is 0 Å². The van der Waals surface area contributed by atoms with Crippen molar-refractivity contribution in [3.8, 4) is 0 Å². The summed E-state index contributed by atoms with van der Waals surface area (Å²) in [5.74, 6) is 0. The van der Waals surface area contributed by atoms with Gasteiger partial charge in [-0.1, -0.05) is 30.3 Å². The predicted molar refractivity (Wildman–Crippen MR) is 49.9 cm³/mol. The molecule has 1 aromatic rings. The summed E-state index contributed by atoms with van der Waals surface area (Å²) in [6.07, 6.45) is 0. The Morgan fingerprint density at radius 3 is 2.58 bits per heavy atom. The first kappa shape index (κ1) is 9.23. The first-order chi connectivity index (χ1) is 5.84. The van der Waals surface area contributed by atoms with E-state index in [1.165, 1.54) is 5.56 Å². The van der Waals surface area contributed by atoms with Gasteiger partial charge in [0, 0.05) is 12.6 Å². The molecule has 0 saturated carbocycles. The lowest BCUT2D eigenvalue weighted by Gasteiger charge is -2.12. The summed E-state index contributed by atoms with van der Waals surface area (Å²) in [7, 11) is 0. The van der Waals surface area contributed by atoms with Crippen LogP contribution in [0.2, 0.25) is 0 Å². The normalized spacial score (nSPS) is 12.8. The second kappa shape index (κ2) is 4.91. The highest BCUT2D eigenvalue weighted by Crippen LogP contribution is 2.09. The number of rotatable bonds is 4. The molecular weight excluding hydrogens is 150 g/mol. The monoisotopic (exact) mass is 165 g/mol. The van der Waals surface area contributed by atoms with Gasteiger partial charge in [-0.05, 0) is 12.5 Å². The molecule has 0 radical (unpaired) electrons. The topological polar surface area (TPSA) is 32.3 Å². The molecule has 0 saturated heterocycles. The molecule has 1 aromatic carbocycles. The number of nitrogens with one attached hydrogen (secondary N) is 1. The maximum Gasteiger partial charge on any atom is 0.0556 e. The highest BCUT2D eigenvalue weighted by molar-refractivity contribution is 5.17. The first-order valence-corrected chi connectivity index (χ1v) is 4.24. The van der Waals surface area contributed by atoms with E-state index in [1.54, 1.807) is 0 Å². The zero-order chi connectivity index (χ0) is 8.81. The van der Waals surface area contributed by atoms with Gasteiger partial charge in [-0.25, -0.2) is 0 Å². The average Bonchev–Trinajstić information content (AvgIpc) is 2.15. The van der Waals surface area contributed by atoms with Crippen molar-refractivity contribution in [2.45, 2.75) is 13.0 Å². The molecule has 0 spiro atoms. The molecule has 2 nitrogen and oxygen atoms in total. The fraction of sp³-hybridized carbons (Fsp3) is 0.400. The van der Waals surface area contributed by atoms with Crippen molar-refractivity contribution in [1.29, 1.82) is 0 Å². The third-order valence-electron chi connectivity index (χ3n) is 1.86. The maximum absolute atomic E-state index is 8.60. The van der Waals surface area contributed by atoms with Gasteiger partial charge >= 0.3 is 0 Å². The summed E-state index contributed by atoms with van der Waals surface area (Å²) in [5.41, 5.74) is 1.26. The highest BCUT2D eigenvalue weighted by atomic mass is 16.3. The highest BCUT2D eigenvalue weighted by Gasteiger charge is 2.01. The molecule has 2 N–H and O–H groups in total. The third-order valence-corrected chi connectivity index (χ3v) is 1.86. The summed E-state index contributed by atoms with van der Waals surface area (Å²) in [5, 5.41) is 11.8. The zero-order valence-corrected chi connectivity index (χ0v) is 7.33. The molecule has 1 atom stereocenters. The lowest BCUT2D eigenvalue weighted by molar-refractivity contribution is 0.286. The molecule has 12 heavy (non-hydrogen) atoms. The minimum absolute atomic E-state index is 0.192. The van der Waals surface area contributed by atoms with Crippen LogP contribution in [0.1, 0.15) is 18.5 Å². The molecule has 0 aliphatic rings. The van der Waals surface area contributed by atoms with Crippen LogP contribution in [-0.4, -0.2) is 18.3 Å². The summed E-state index contributed by atoms with van der Waals surface area (Å²) in [6, 6.07) is 10.5. The molecule has 0 aliphatic carbocycles. The second-order valence-corrected chi connectivity index (χ2v) is 2.81. The van der Waals surface area contributed by atoms with E-state index in [-0.39, 0.29) is 6.61 Å². The molecule has 0 amide bonds. The molecule has 0 aliphatic heterocycles. The van der Waals surface area contributed by atoms with Crippen molar-refractivity contribution >= 4 is 0 Å². The number of aliphatic hydroxyl groups excluding tert-OH is 1. The van der Waals surface area contributed by atoms with Gasteiger partial charge < -0.3 is 10.4 Å². The number of hydrogen-bond donors (Lipinski definition) is 2. The van der Waals surface area contributed by atoms with Gasteiger partial charge in [-0.3, -0.25) is 0 Å². The molecule has 1 unspecified atom stereocenters. The van der Waals surface area contributed by atoms with E-state index in [9.17, 15) is 0 Å². The Kier molecular flexibility index (Phi) is 3.77. The number of hydrogen-bond acceptors (Lipinski definition) is 2. The molecule has 0 bridgehead atoms. The lowest BCUT2D eigenvalue weighted by atomic mass is 10.1. The number of aliphatic hydroxyl groups is 1. The van der Waals surface area contributed by atoms with E-state index in [1.807, 2.05) is 18.2 Å². The molecule has 1 rings (SSSR count). The SMILES string of the molecule is CC(NCCO)c1ccccc1. The Morgan fingerprint density at radius 1 is 1.33 bits per heavy atom. The van der Waals surface area contributed by atoms with Crippen LogP contribution >= 0.6 is 0 Å². The van der Waals surface area contributed by atoms with Gasteiger partial charge in [0.25, 0.3) is 0 Å². The van der Waals surface area contributed by atoms with E-state index in [4.69, 9.17) is 5.11 Å². The maximum atomic E-state index is 8.60. The van der Waals surface area contributed by atoms with Crippen LogP contribution < -0.4 is 5.32 Å². The van der Waals surface area contributed by atoms with E-state index >= 15 is 0 Å². The van der Waals surface area contributed by atoms with Crippen LogP contribution in [0.3, 0.4) is 0 Å². The van der Waals surface area contributed by atoms with Gasteiger partial charge in [0.2, 0.25) is 0 Å². The smallest absolute Gasteiger partial charge is 0.0556 e. The van der Waals surface area contributed by atoms with E-state index in [2.05, 4.69) is 24.4 Å². The molecule has 0 heterocycles. The largest absolute Gasteiger partial charge is 0.395 e. The third kappa shape index (κ3) is 2.64. The van der Waals surface area contributed by atoms with Crippen LogP contribution in [0.25, 0.3) is 0 Å². The van der Waals surface area contributed by atoms with Crippen LogP contribution in [0.4, 0.5) is 0 Å². The van der Waals surface area contributed by atoms with E-state index in [0.29, 0.717) is 12.6 Å². The van der Waals surface area contributed by atoms with Gasteiger partial charge in [-0.15, -0.1) is 0 Å². The predicted octanol–water partition coefficient (Wildman–Crippen LogP) is 1.33. The Bertz CT molecular complexity index is 210. The average molecular weight is 165 g/mol. The van der Waals surface area contributed by atoms with Crippen molar-refractivity contribution in [3.05, 3.63) is 35.9 Å². The molecule has 0 aromatic heterocycles. The van der Waals surface area contributed by atoms with Crippen molar-refractivity contribution in [3.63, 3.8) is 0 Å². The van der Waals surface area contributed by atoms with Crippen molar-refractivity contribution in [2.75, 3.05) is 13.2 Å². The van der Waals surface area contributed by atoms with Crippen LogP contribution in [-0.2, 0) is 0 Å². The van der Waals surface area contributed by atoms with E-state index < -0.39 is 0 Å². The van der Waals surface area contributed by atoms with Gasteiger partial charge in [0.15, 0.2) is 0 Å². The molecule has 2 heteroatoms. The molecular formula is C10H15NO. The molecule has 66 valence electrons. The fourth-order valence-corrected chi connectivity index (χ4v) is 1.14. The van der Waals surface area contributed by atoms with Gasteiger partial charge in [0.1, 0.15) is 0 Å². The van der Waals surface area contributed by atoms with Gasteiger partial charge in [0.05, 0.1) is 6.61 Å². The Morgan fingerprint density at radius 2 is 2.00 bits per heavy atom. The quantitative estimate of drug-likeness (QED) is 0.705. The first-order valence-electron chi connectivity index (χ1n) is 4.24. The van der Waals surface area contributed by atoms with E-state index in [0.717, 1.165) is 0 Å². The summed E-state index contributed by atoms with van der Waals surface area (Å²) in [6.45, 7) is 2.93. The summed E-state index contributed by atoms with van der Waals surface area (Å²) >= 11 is 0. The lowest BCUT2D eigenvalue weighted by Crippen LogP contribution is -2.21. The Hall–Kier alpha value is -0.860. The Balaban J connectivity index is 2.48. The van der Waals surface area contributed by atoms with Crippen LogP contribution in [0, 0.1) is 0 Å². The minimum atomic E-state index is 0.192. The van der Waals surface area contributed by atoms with Crippen molar-refractivity contribution < 1.29 is 5.11 Å². The van der Waals surface area contributed by atoms with Gasteiger partial charge in [-0.2, -0.15) is 0 Å². The standard InChI is InChI=1S/C10H15NO/c1-9(11-7-8-12)10-5-3-2-4-6-10/h2-6,9,11-12H,7-8H2,1H3. The molecule has 0 fully saturated rings.